The van der Waals surface area contributed by atoms with Gasteiger partial charge in [0.25, 0.3) is 0 Å². The van der Waals surface area contributed by atoms with Gasteiger partial charge in [0.15, 0.2) is 0 Å². The van der Waals surface area contributed by atoms with Crippen LogP contribution in [0.2, 0.25) is 5.02 Å². The van der Waals surface area contributed by atoms with Gasteiger partial charge in [-0.15, -0.1) is 12.4 Å². The second kappa shape index (κ2) is 5.45. The van der Waals surface area contributed by atoms with Crippen molar-refractivity contribution in [2.45, 2.75) is 19.1 Å². The van der Waals surface area contributed by atoms with E-state index < -0.39 is 12.1 Å². The Labute approximate surface area is 89.1 Å². The minimum Gasteiger partial charge on any atom is -0.391 e. The zero-order valence-corrected chi connectivity index (χ0v) is 8.85. The number of halogens is 2. The molecule has 0 amide bonds. The summed E-state index contributed by atoms with van der Waals surface area (Å²) in [7, 11) is 0. The van der Waals surface area contributed by atoms with Crippen LogP contribution in [0.4, 0.5) is 0 Å². The predicted octanol–water partition coefficient (Wildman–Crippen LogP) is 2.14. The fourth-order valence-electron chi connectivity index (χ4n) is 1.01. The third kappa shape index (κ3) is 3.16. The van der Waals surface area contributed by atoms with Crippen molar-refractivity contribution in [2.24, 2.45) is 5.73 Å². The Morgan fingerprint density at radius 3 is 2.38 bits per heavy atom. The number of aliphatic hydroxyl groups excluding tert-OH is 1. The summed E-state index contributed by atoms with van der Waals surface area (Å²) in [4.78, 5) is 0. The fourth-order valence-corrected chi connectivity index (χ4v) is 1.27. The summed E-state index contributed by atoms with van der Waals surface area (Å²) < 4.78 is 0. The lowest BCUT2D eigenvalue weighted by Gasteiger charge is -2.15. The summed E-state index contributed by atoms with van der Waals surface area (Å²) in [6, 6.07) is 6.86. The molecule has 0 saturated heterocycles. The first kappa shape index (κ1) is 12.7. The van der Waals surface area contributed by atoms with E-state index in [0.717, 1.165) is 5.56 Å². The van der Waals surface area contributed by atoms with Gasteiger partial charge in [-0.1, -0.05) is 29.8 Å². The zero-order valence-electron chi connectivity index (χ0n) is 7.27. The number of benzene rings is 1. The van der Waals surface area contributed by atoms with E-state index in [-0.39, 0.29) is 12.4 Å². The number of aliphatic hydroxyl groups is 1. The fraction of sp³-hybridized carbons (Fsp3) is 0.333. The summed E-state index contributed by atoms with van der Waals surface area (Å²) >= 11 is 5.87. The van der Waals surface area contributed by atoms with Gasteiger partial charge in [0.2, 0.25) is 0 Å². The van der Waals surface area contributed by atoms with Crippen molar-refractivity contribution in [1.29, 1.82) is 0 Å². The van der Waals surface area contributed by atoms with Crippen LogP contribution in [0.5, 0.6) is 0 Å². The highest BCUT2D eigenvalue weighted by molar-refractivity contribution is 6.31. The molecule has 0 spiro atoms. The first-order chi connectivity index (χ1) is 5.63. The van der Waals surface area contributed by atoms with Crippen molar-refractivity contribution in [3.8, 4) is 0 Å². The first-order valence-electron chi connectivity index (χ1n) is 3.81. The number of nitrogens with two attached hydrogens (primary N) is 1. The molecule has 1 aromatic rings. The van der Waals surface area contributed by atoms with Crippen LogP contribution in [-0.4, -0.2) is 11.2 Å². The topological polar surface area (TPSA) is 46.2 Å². The van der Waals surface area contributed by atoms with E-state index in [4.69, 9.17) is 17.3 Å². The van der Waals surface area contributed by atoms with Crippen molar-refractivity contribution in [1.82, 2.24) is 0 Å². The second-order valence-corrected chi connectivity index (χ2v) is 3.20. The smallest absolute Gasteiger partial charge is 0.0705 e. The standard InChI is InChI=1S/C9H12ClNO.ClH/c1-6(12)9(11)7-4-2-3-5-8(7)10;/h2-6,9,12H,11H2,1H3;1H/t6-,9-;/m1./s1. The van der Waals surface area contributed by atoms with Crippen molar-refractivity contribution in [3.63, 3.8) is 0 Å². The van der Waals surface area contributed by atoms with Crippen LogP contribution in [0.25, 0.3) is 0 Å². The quantitative estimate of drug-likeness (QED) is 0.805. The van der Waals surface area contributed by atoms with E-state index in [9.17, 15) is 5.11 Å². The lowest BCUT2D eigenvalue weighted by molar-refractivity contribution is 0.164. The maximum atomic E-state index is 9.22. The van der Waals surface area contributed by atoms with Gasteiger partial charge in [-0.3, -0.25) is 0 Å². The molecule has 2 nitrogen and oxygen atoms in total. The number of hydrogen-bond donors (Lipinski definition) is 2. The van der Waals surface area contributed by atoms with E-state index >= 15 is 0 Å². The van der Waals surface area contributed by atoms with Crippen molar-refractivity contribution in [2.75, 3.05) is 0 Å². The van der Waals surface area contributed by atoms with Gasteiger partial charge in [0.05, 0.1) is 12.1 Å². The van der Waals surface area contributed by atoms with Gasteiger partial charge in [-0.05, 0) is 18.6 Å². The highest BCUT2D eigenvalue weighted by atomic mass is 35.5. The third-order valence-electron chi connectivity index (χ3n) is 1.78. The van der Waals surface area contributed by atoms with Crippen molar-refractivity contribution < 1.29 is 5.11 Å². The van der Waals surface area contributed by atoms with Crippen LogP contribution in [0.1, 0.15) is 18.5 Å². The van der Waals surface area contributed by atoms with Gasteiger partial charge in [-0.2, -0.15) is 0 Å². The van der Waals surface area contributed by atoms with E-state index in [2.05, 4.69) is 0 Å². The average molecular weight is 222 g/mol. The third-order valence-corrected chi connectivity index (χ3v) is 2.13. The van der Waals surface area contributed by atoms with Crippen LogP contribution in [-0.2, 0) is 0 Å². The number of hydrogen-bond acceptors (Lipinski definition) is 2. The van der Waals surface area contributed by atoms with E-state index in [0.29, 0.717) is 5.02 Å². The molecule has 0 bridgehead atoms. The summed E-state index contributed by atoms with van der Waals surface area (Å²) in [5.74, 6) is 0. The minimum absolute atomic E-state index is 0. The van der Waals surface area contributed by atoms with Gasteiger partial charge < -0.3 is 10.8 Å². The molecule has 2 atom stereocenters. The molecule has 1 aromatic carbocycles. The van der Waals surface area contributed by atoms with Crippen LogP contribution in [0.3, 0.4) is 0 Å². The van der Waals surface area contributed by atoms with Gasteiger partial charge in [-0.25, -0.2) is 0 Å². The molecular weight excluding hydrogens is 209 g/mol. The molecule has 0 aromatic heterocycles. The summed E-state index contributed by atoms with van der Waals surface area (Å²) in [5, 5.41) is 9.82. The highest BCUT2D eigenvalue weighted by Crippen LogP contribution is 2.22. The Hall–Kier alpha value is -0.280. The molecule has 0 saturated carbocycles. The molecule has 0 fully saturated rings. The molecule has 3 N–H and O–H groups in total. The number of rotatable bonds is 2. The molecule has 1 rings (SSSR count). The van der Waals surface area contributed by atoms with E-state index in [1.54, 1.807) is 13.0 Å². The first-order valence-corrected chi connectivity index (χ1v) is 4.19. The zero-order chi connectivity index (χ0) is 9.14. The molecule has 0 unspecified atom stereocenters. The lowest BCUT2D eigenvalue weighted by atomic mass is 10.0. The molecule has 0 heterocycles. The maximum Gasteiger partial charge on any atom is 0.0705 e. The van der Waals surface area contributed by atoms with Gasteiger partial charge in [0, 0.05) is 5.02 Å². The van der Waals surface area contributed by atoms with Gasteiger partial charge in [0.1, 0.15) is 0 Å². The molecule has 74 valence electrons. The van der Waals surface area contributed by atoms with Crippen LogP contribution in [0.15, 0.2) is 24.3 Å². The molecule has 0 aliphatic heterocycles. The molecule has 0 aliphatic carbocycles. The Morgan fingerprint density at radius 2 is 1.92 bits per heavy atom. The Kier molecular flexibility index (Phi) is 5.33. The van der Waals surface area contributed by atoms with Crippen molar-refractivity contribution in [3.05, 3.63) is 34.9 Å². The van der Waals surface area contributed by atoms with Crippen LogP contribution < -0.4 is 5.73 Å². The monoisotopic (exact) mass is 221 g/mol. The summed E-state index contributed by atoms with van der Waals surface area (Å²) in [6.45, 7) is 1.65. The largest absolute Gasteiger partial charge is 0.391 e. The normalized spacial score (nSPS) is 14.5. The Morgan fingerprint density at radius 1 is 1.38 bits per heavy atom. The van der Waals surface area contributed by atoms with Crippen LogP contribution in [0, 0.1) is 0 Å². The minimum atomic E-state index is -0.579. The molecule has 0 aliphatic rings. The second-order valence-electron chi connectivity index (χ2n) is 2.79. The molecule has 4 heteroatoms. The van der Waals surface area contributed by atoms with Crippen molar-refractivity contribution >= 4 is 24.0 Å². The Bertz CT molecular complexity index is 266. The predicted molar refractivity (Wildman–Crippen MR) is 57.3 cm³/mol. The highest BCUT2D eigenvalue weighted by Gasteiger charge is 2.13. The molecule has 0 radical (unpaired) electrons. The van der Waals surface area contributed by atoms with E-state index in [1.165, 1.54) is 0 Å². The summed E-state index contributed by atoms with van der Waals surface area (Å²) in [5.41, 5.74) is 6.49. The lowest BCUT2D eigenvalue weighted by Crippen LogP contribution is -2.23. The van der Waals surface area contributed by atoms with Crippen LogP contribution >= 0.6 is 24.0 Å². The Balaban J connectivity index is 0.00000144. The molecule has 13 heavy (non-hydrogen) atoms. The molecular formula is C9H13Cl2NO. The van der Waals surface area contributed by atoms with E-state index in [1.807, 2.05) is 18.2 Å². The average Bonchev–Trinajstić information content (AvgIpc) is 2.04. The summed E-state index contributed by atoms with van der Waals surface area (Å²) in [6.07, 6.45) is -0.579. The SMILES string of the molecule is C[C@@H](O)[C@@H](N)c1ccccc1Cl.Cl. The van der Waals surface area contributed by atoms with Gasteiger partial charge >= 0.3 is 0 Å². The maximum absolute atomic E-state index is 9.22.